The van der Waals surface area contributed by atoms with E-state index in [1.807, 2.05) is 30.7 Å². The van der Waals surface area contributed by atoms with E-state index in [0.29, 0.717) is 42.5 Å². The van der Waals surface area contributed by atoms with E-state index in [2.05, 4.69) is 15.6 Å². The molecule has 0 saturated heterocycles. The van der Waals surface area contributed by atoms with Crippen LogP contribution in [0.4, 0.5) is 0 Å². The Balaban J connectivity index is 1.65. The van der Waals surface area contributed by atoms with Crippen molar-refractivity contribution in [1.82, 2.24) is 20.3 Å². The van der Waals surface area contributed by atoms with Crippen LogP contribution in [0, 0.1) is 0 Å². The van der Waals surface area contributed by atoms with E-state index in [1.54, 1.807) is 40.4 Å². The molecule has 26 heavy (non-hydrogen) atoms. The minimum absolute atomic E-state index is 0.209. The average Bonchev–Trinajstić information content (AvgIpc) is 3.33. The molecule has 0 radical (unpaired) electrons. The molecule has 0 aliphatic rings. The molecule has 1 aromatic carbocycles. The molecule has 0 aliphatic carbocycles. The van der Waals surface area contributed by atoms with Crippen LogP contribution >= 0.6 is 11.3 Å². The predicted octanol–water partition coefficient (Wildman–Crippen LogP) is 3.06. The highest BCUT2D eigenvalue weighted by Gasteiger charge is 2.12. The third-order valence-corrected chi connectivity index (χ3v) is 4.22. The Hall–Kier alpha value is -2.87. The van der Waals surface area contributed by atoms with Gasteiger partial charge in [0.2, 0.25) is 0 Å². The SMILES string of the molecule is CCOc1ccc(C(=O)NCc2cn(-c3ccsc3)nn2)cc1OCC. The molecule has 0 saturated carbocycles. The Morgan fingerprint density at radius 2 is 2.00 bits per heavy atom. The van der Waals surface area contributed by atoms with E-state index < -0.39 is 0 Å². The Labute approximate surface area is 155 Å². The van der Waals surface area contributed by atoms with Gasteiger partial charge < -0.3 is 14.8 Å². The molecule has 0 spiro atoms. The predicted molar refractivity (Wildman–Crippen MR) is 99.2 cm³/mol. The maximum Gasteiger partial charge on any atom is 0.251 e. The third-order valence-electron chi connectivity index (χ3n) is 3.55. The number of rotatable bonds is 8. The Kier molecular flexibility index (Phi) is 5.85. The first-order chi connectivity index (χ1) is 12.7. The summed E-state index contributed by atoms with van der Waals surface area (Å²) in [6.45, 7) is 5.11. The van der Waals surface area contributed by atoms with Gasteiger partial charge in [-0.25, -0.2) is 4.68 Å². The second-order valence-corrected chi connectivity index (χ2v) is 6.13. The molecule has 7 nitrogen and oxygen atoms in total. The van der Waals surface area contributed by atoms with Crippen molar-refractivity contribution in [3.63, 3.8) is 0 Å². The first-order valence-corrected chi connectivity index (χ1v) is 9.27. The van der Waals surface area contributed by atoms with E-state index in [4.69, 9.17) is 9.47 Å². The summed E-state index contributed by atoms with van der Waals surface area (Å²) < 4.78 is 12.8. The summed E-state index contributed by atoms with van der Waals surface area (Å²) in [5, 5.41) is 14.9. The number of nitrogens with one attached hydrogen (secondary N) is 1. The first kappa shape index (κ1) is 17.9. The summed E-state index contributed by atoms with van der Waals surface area (Å²) in [4.78, 5) is 12.4. The van der Waals surface area contributed by atoms with Gasteiger partial charge in [0.05, 0.1) is 31.6 Å². The zero-order valence-corrected chi connectivity index (χ0v) is 15.5. The van der Waals surface area contributed by atoms with E-state index >= 15 is 0 Å². The lowest BCUT2D eigenvalue weighted by atomic mass is 10.2. The summed E-state index contributed by atoms with van der Waals surface area (Å²) >= 11 is 1.59. The molecule has 8 heteroatoms. The minimum atomic E-state index is -0.209. The molecule has 3 rings (SSSR count). The van der Waals surface area contributed by atoms with Gasteiger partial charge in [0.15, 0.2) is 11.5 Å². The highest BCUT2D eigenvalue weighted by atomic mass is 32.1. The first-order valence-electron chi connectivity index (χ1n) is 8.33. The third kappa shape index (κ3) is 4.20. The normalized spacial score (nSPS) is 10.5. The molecule has 0 bridgehead atoms. The number of thiophene rings is 1. The molecule has 0 atom stereocenters. The highest BCUT2D eigenvalue weighted by molar-refractivity contribution is 7.08. The smallest absolute Gasteiger partial charge is 0.251 e. The fourth-order valence-corrected chi connectivity index (χ4v) is 2.98. The topological polar surface area (TPSA) is 78.3 Å². The molecular weight excluding hydrogens is 352 g/mol. The van der Waals surface area contributed by atoms with Crippen LogP contribution in [0.2, 0.25) is 0 Å². The van der Waals surface area contributed by atoms with Crippen LogP contribution in [0.5, 0.6) is 11.5 Å². The molecule has 136 valence electrons. The number of nitrogens with zero attached hydrogens (tertiary/aromatic N) is 3. The number of aromatic nitrogens is 3. The van der Waals surface area contributed by atoms with Crippen molar-refractivity contribution in [2.24, 2.45) is 0 Å². The molecule has 3 aromatic rings. The van der Waals surface area contributed by atoms with Crippen LogP contribution in [0.25, 0.3) is 5.69 Å². The van der Waals surface area contributed by atoms with Gasteiger partial charge in [-0.3, -0.25) is 4.79 Å². The number of carbonyl (C=O) groups is 1. The molecule has 1 N–H and O–H groups in total. The van der Waals surface area contributed by atoms with Crippen molar-refractivity contribution in [2.75, 3.05) is 13.2 Å². The quantitative estimate of drug-likeness (QED) is 0.657. The van der Waals surface area contributed by atoms with Crippen molar-refractivity contribution in [2.45, 2.75) is 20.4 Å². The van der Waals surface area contributed by atoms with Crippen LogP contribution in [-0.2, 0) is 6.54 Å². The van der Waals surface area contributed by atoms with Crippen molar-refractivity contribution in [3.8, 4) is 17.2 Å². The molecule has 2 aromatic heterocycles. The number of hydrogen-bond acceptors (Lipinski definition) is 6. The van der Waals surface area contributed by atoms with Crippen LogP contribution in [0.1, 0.15) is 29.9 Å². The van der Waals surface area contributed by atoms with Gasteiger partial charge in [0, 0.05) is 10.9 Å². The lowest BCUT2D eigenvalue weighted by Gasteiger charge is -2.12. The van der Waals surface area contributed by atoms with E-state index in [1.165, 1.54) is 0 Å². The summed E-state index contributed by atoms with van der Waals surface area (Å²) in [7, 11) is 0. The number of ether oxygens (including phenoxy) is 2. The lowest BCUT2D eigenvalue weighted by Crippen LogP contribution is -2.23. The Morgan fingerprint density at radius 3 is 2.73 bits per heavy atom. The van der Waals surface area contributed by atoms with Gasteiger partial charge in [0.25, 0.3) is 5.91 Å². The second kappa shape index (κ2) is 8.48. The standard InChI is InChI=1S/C18H20N4O3S/c1-3-24-16-6-5-13(9-17(16)25-4-2)18(23)19-10-14-11-22(21-20-14)15-7-8-26-12-15/h5-9,11-12H,3-4,10H2,1-2H3,(H,19,23). The van der Waals surface area contributed by atoms with Gasteiger partial charge in [-0.15, -0.1) is 5.10 Å². The Morgan fingerprint density at radius 1 is 1.19 bits per heavy atom. The number of benzene rings is 1. The van der Waals surface area contributed by atoms with Crippen LogP contribution in [0.15, 0.2) is 41.2 Å². The zero-order chi connectivity index (χ0) is 18.4. The fraction of sp³-hybridized carbons (Fsp3) is 0.278. The van der Waals surface area contributed by atoms with Crippen molar-refractivity contribution < 1.29 is 14.3 Å². The molecule has 1 amide bonds. The molecule has 0 aliphatic heterocycles. The van der Waals surface area contributed by atoms with Crippen LogP contribution in [0.3, 0.4) is 0 Å². The van der Waals surface area contributed by atoms with Gasteiger partial charge in [0.1, 0.15) is 5.69 Å². The number of hydrogen-bond donors (Lipinski definition) is 1. The zero-order valence-electron chi connectivity index (χ0n) is 14.6. The Bertz CT molecular complexity index is 861. The fourth-order valence-electron chi connectivity index (χ4n) is 2.36. The number of carbonyl (C=O) groups excluding carboxylic acids is 1. The maximum absolute atomic E-state index is 12.4. The monoisotopic (exact) mass is 372 g/mol. The van der Waals surface area contributed by atoms with E-state index in [9.17, 15) is 4.79 Å². The van der Waals surface area contributed by atoms with Crippen molar-refractivity contribution in [3.05, 3.63) is 52.5 Å². The average molecular weight is 372 g/mol. The summed E-state index contributed by atoms with van der Waals surface area (Å²) in [5.41, 5.74) is 2.13. The largest absolute Gasteiger partial charge is 0.490 e. The lowest BCUT2D eigenvalue weighted by molar-refractivity contribution is 0.0950. The molecular formula is C18H20N4O3S. The summed E-state index contributed by atoms with van der Waals surface area (Å²) in [6.07, 6.45) is 1.80. The minimum Gasteiger partial charge on any atom is -0.490 e. The van der Waals surface area contributed by atoms with Gasteiger partial charge in [-0.1, -0.05) is 5.21 Å². The van der Waals surface area contributed by atoms with Crippen LogP contribution in [-0.4, -0.2) is 34.1 Å². The van der Waals surface area contributed by atoms with E-state index in [0.717, 1.165) is 5.69 Å². The maximum atomic E-state index is 12.4. The molecule has 0 fully saturated rings. The van der Waals surface area contributed by atoms with Gasteiger partial charge >= 0.3 is 0 Å². The van der Waals surface area contributed by atoms with Gasteiger partial charge in [-0.2, -0.15) is 11.3 Å². The highest BCUT2D eigenvalue weighted by Crippen LogP contribution is 2.28. The molecule has 0 unspecified atom stereocenters. The van der Waals surface area contributed by atoms with Crippen LogP contribution < -0.4 is 14.8 Å². The molecule has 2 heterocycles. The van der Waals surface area contributed by atoms with Crippen molar-refractivity contribution in [1.29, 1.82) is 0 Å². The summed E-state index contributed by atoms with van der Waals surface area (Å²) in [6, 6.07) is 7.10. The van der Waals surface area contributed by atoms with E-state index in [-0.39, 0.29) is 5.91 Å². The second-order valence-electron chi connectivity index (χ2n) is 5.35. The van der Waals surface area contributed by atoms with Gasteiger partial charge in [-0.05, 0) is 43.5 Å². The number of amides is 1. The summed E-state index contributed by atoms with van der Waals surface area (Å²) in [5.74, 6) is 0.981. The van der Waals surface area contributed by atoms with Crippen molar-refractivity contribution >= 4 is 17.2 Å².